The Kier molecular flexibility index (Phi) is 10.9. The Morgan fingerprint density at radius 2 is 1.89 bits per heavy atom. The molecule has 0 spiro atoms. The fourth-order valence-corrected chi connectivity index (χ4v) is 1.81. The van der Waals surface area contributed by atoms with Crippen LogP contribution in [-0.4, -0.2) is 32.2 Å². The predicted octanol–water partition coefficient (Wildman–Crippen LogP) is 2.46. The van der Waals surface area contributed by atoms with Gasteiger partial charge in [0.2, 0.25) is 5.91 Å². The molecule has 0 saturated carbocycles. The van der Waals surface area contributed by atoms with Crippen LogP contribution in [0.1, 0.15) is 59.3 Å². The van der Waals surface area contributed by atoms with Crippen LogP contribution in [0.25, 0.3) is 0 Å². The van der Waals surface area contributed by atoms with E-state index in [4.69, 9.17) is 10.5 Å². The van der Waals surface area contributed by atoms with Gasteiger partial charge in [-0.05, 0) is 37.6 Å². The highest BCUT2D eigenvalue weighted by atomic mass is 16.5. The molecule has 4 nitrogen and oxygen atoms in total. The third kappa shape index (κ3) is 12.2. The fourth-order valence-electron chi connectivity index (χ4n) is 1.81. The van der Waals surface area contributed by atoms with E-state index < -0.39 is 0 Å². The fraction of sp³-hybridized carbons (Fsp3) is 0.933. The normalized spacial score (nSPS) is 11.6. The van der Waals surface area contributed by atoms with E-state index in [0.29, 0.717) is 19.5 Å². The summed E-state index contributed by atoms with van der Waals surface area (Å²) >= 11 is 0. The maximum atomic E-state index is 11.6. The van der Waals surface area contributed by atoms with Gasteiger partial charge in [0.25, 0.3) is 0 Å². The summed E-state index contributed by atoms with van der Waals surface area (Å²) in [5.74, 6) is 0.138. The van der Waals surface area contributed by atoms with E-state index in [1.54, 1.807) is 0 Å². The van der Waals surface area contributed by atoms with Gasteiger partial charge in [-0.15, -0.1) is 0 Å². The number of carbonyl (C=O) groups is 1. The molecule has 0 atom stereocenters. The van der Waals surface area contributed by atoms with Gasteiger partial charge in [-0.1, -0.05) is 27.2 Å². The van der Waals surface area contributed by atoms with Gasteiger partial charge in [0, 0.05) is 26.2 Å². The molecule has 0 bridgehead atoms. The Labute approximate surface area is 118 Å². The number of carbonyl (C=O) groups excluding carboxylic acids is 1. The van der Waals surface area contributed by atoms with Crippen molar-refractivity contribution in [3.05, 3.63) is 0 Å². The van der Waals surface area contributed by atoms with E-state index in [9.17, 15) is 4.79 Å². The lowest BCUT2D eigenvalue weighted by molar-refractivity contribution is -0.121. The van der Waals surface area contributed by atoms with Crippen LogP contribution >= 0.6 is 0 Å². The van der Waals surface area contributed by atoms with Crippen LogP contribution in [0.3, 0.4) is 0 Å². The second-order valence-corrected chi connectivity index (χ2v) is 5.87. The first-order valence-corrected chi connectivity index (χ1v) is 7.56. The first-order valence-electron chi connectivity index (χ1n) is 7.56. The monoisotopic (exact) mass is 272 g/mol. The summed E-state index contributed by atoms with van der Waals surface area (Å²) in [7, 11) is 0. The lowest BCUT2D eigenvalue weighted by Crippen LogP contribution is -2.27. The van der Waals surface area contributed by atoms with Crippen LogP contribution in [0, 0.1) is 5.41 Å². The number of nitrogens with one attached hydrogen (secondary N) is 1. The number of nitrogens with two attached hydrogens (primary N) is 1. The first-order chi connectivity index (χ1) is 9.02. The molecule has 0 aliphatic rings. The Morgan fingerprint density at radius 3 is 2.53 bits per heavy atom. The van der Waals surface area contributed by atoms with Crippen molar-refractivity contribution in [2.45, 2.75) is 59.3 Å². The molecule has 19 heavy (non-hydrogen) atoms. The summed E-state index contributed by atoms with van der Waals surface area (Å²) in [6, 6.07) is 0. The molecule has 0 aliphatic heterocycles. The minimum absolute atomic E-state index is 0.138. The molecule has 114 valence electrons. The quantitative estimate of drug-likeness (QED) is 0.536. The highest BCUT2D eigenvalue weighted by molar-refractivity contribution is 5.75. The number of hydrogen-bond donors (Lipinski definition) is 2. The van der Waals surface area contributed by atoms with Crippen molar-refractivity contribution in [3.63, 3.8) is 0 Å². The summed E-state index contributed by atoms with van der Waals surface area (Å²) in [5, 5.41) is 2.94. The standard InChI is InChI=1S/C15H32N2O2/c1-4-5-12-19-13-6-11-17-14(18)7-8-15(2,3)9-10-16/h4-13,16H2,1-3H3,(H,17,18). The highest BCUT2D eigenvalue weighted by Gasteiger charge is 2.17. The van der Waals surface area contributed by atoms with Crippen LogP contribution in [0.2, 0.25) is 0 Å². The molecule has 0 heterocycles. The molecule has 0 aromatic rings. The molecule has 0 aromatic carbocycles. The first kappa shape index (κ1) is 18.4. The predicted molar refractivity (Wildman–Crippen MR) is 80.0 cm³/mol. The third-order valence-corrected chi connectivity index (χ3v) is 3.28. The molecular formula is C15H32N2O2. The largest absolute Gasteiger partial charge is 0.381 e. The molecule has 0 fully saturated rings. The van der Waals surface area contributed by atoms with E-state index in [-0.39, 0.29) is 11.3 Å². The molecule has 0 saturated heterocycles. The minimum atomic E-state index is 0.138. The molecule has 0 rings (SSSR count). The minimum Gasteiger partial charge on any atom is -0.381 e. The smallest absolute Gasteiger partial charge is 0.220 e. The van der Waals surface area contributed by atoms with Crippen LogP contribution in [0.15, 0.2) is 0 Å². The maximum Gasteiger partial charge on any atom is 0.220 e. The van der Waals surface area contributed by atoms with Crippen molar-refractivity contribution in [1.82, 2.24) is 5.32 Å². The Balaban J connectivity index is 3.44. The molecule has 0 radical (unpaired) electrons. The Hall–Kier alpha value is -0.610. The van der Waals surface area contributed by atoms with E-state index >= 15 is 0 Å². The molecular weight excluding hydrogens is 240 g/mol. The number of unbranched alkanes of at least 4 members (excludes halogenated alkanes) is 1. The molecule has 0 unspecified atom stereocenters. The molecule has 0 aromatic heterocycles. The third-order valence-electron chi connectivity index (χ3n) is 3.28. The Bertz CT molecular complexity index is 230. The topological polar surface area (TPSA) is 64.3 Å². The number of hydrogen-bond acceptors (Lipinski definition) is 3. The van der Waals surface area contributed by atoms with Crippen molar-refractivity contribution in [1.29, 1.82) is 0 Å². The van der Waals surface area contributed by atoms with Crippen molar-refractivity contribution in [2.24, 2.45) is 11.1 Å². The van der Waals surface area contributed by atoms with Crippen LogP contribution < -0.4 is 11.1 Å². The summed E-state index contributed by atoms with van der Waals surface area (Å²) in [6.07, 6.45) is 5.61. The lowest BCUT2D eigenvalue weighted by atomic mass is 9.84. The zero-order valence-corrected chi connectivity index (χ0v) is 13.0. The van der Waals surface area contributed by atoms with E-state index in [0.717, 1.165) is 45.3 Å². The zero-order chi connectivity index (χ0) is 14.6. The van der Waals surface area contributed by atoms with Gasteiger partial charge in [0.05, 0.1) is 0 Å². The van der Waals surface area contributed by atoms with Crippen LogP contribution in [0.5, 0.6) is 0 Å². The van der Waals surface area contributed by atoms with Gasteiger partial charge >= 0.3 is 0 Å². The Morgan fingerprint density at radius 1 is 1.21 bits per heavy atom. The van der Waals surface area contributed by atoms with Gasteiger partial charge < -0.3 is 15.8 Å². The molecule has 0 aliphatic carbocycles. The SMILES string of the molecule is CCCCOCCCNC(=O)CCC(C)(C)CCN. The maximum absolute atomic E-state index is 11.6. The second-order valence-electron chi connectivity index (χ2n) is 5.87. The molecule has 1 amide bonds. The van der Waals surface area contributed by atoms with Crippen molar-refractivity contribution < 1.29 is 9.53 Å². The summed E-state index contributed by atoms with van der Waals surface area (Å²) in [5.41, 5.74) is 5.72. The van der Waals surface area contributed by atoms with E-state index in [1.165, 1.54) is 0 Å². The van der Waals surface area contributed by atoms with Crippen molar-refractivity contribution in [3.8, 4) is 0 Å². The van der Waals surface area contributed by atoms with Gasteiger partial charge in [-0.25, -0.2) is 0 Å². The average molecular weight is 272 g/mol. The van der Waals surface area contributed by atoms with Crippen LogP contribution in [-0.2, 0) is 9.53 Å². The van der Waals surface area contributed by atoms with E-state index in [2.05, 4.69) is 26.1 Å². The van der Waals surface area contributed by atoms with E-state index in [1.807, 2.05) is 0 Å². The average Bonchev–Trinajstić information content (AvgIpc) is 2.35. The van der Waals surface area contributed by atoms with Crippen LogP contribution in [0.4, 0.5) is 0 Å². The van der Waals surface area contributed by atoms with Gasteiger partial charge in [0.1, 0.15) is 0 Å². The van der Waals surface area contributed by atoms with Crippen molar-refractivity contribution in [2.75, 3.05) is 26.3 Å². The zero-order valence-electron chi connectivity index (χ0n) is 13.0. The lowest BCUT2D eigenvalue weighted by Gasteiger charge is -2.23. The summed E-state index contributed by atoms with van der Waals surface area (Å²) in [6.45, 7) is 9.43. The van der Waals surface area contributed by atoms with Gasteiger partial charge in [0.15, 0.2) is 0 Å². The number of rotatable bonds is 12. The number of amides is 1. The second kappa shape index (κ2) is 11.2. The highest BCUT2D eigenvalue weighted by Crippen LogP contribution is 2.25. The van der Waals surface area contributed by atoms with Gasteiger partial charge in [-0.3, -0.25) is 4.79 Å². The van der Waals surface area contributed by atoms with Gasteiger partial charge in [-0.2, -0.15) is 0 Å². The summed E-state index contributed by atoms with van der Waals surface area (Å²) < 4.78 is 5.44. The number of ether oxygens (including phenoxy) is 1. The summed E-state index contributed by atoms with van der Waals surface area (Å²) in [4.78, 5) is 11.6. The molecule has 4 heteroatoms. The molecule has 3 N–H and O–H groups in total. The van der Waals surface area contributed by atoms with Crippen molar-refractivity contribution >= 4 is 5.91 Å².